The number of rotatable bonds is 3. The lowest BCUT2D eigenvalue weighted by atomic mass is 9.90. The van der Waals surface area contributed by atoms with Crippen LogP contribution in [-0.4, -0.2) is 60.0 Å². The van der Waals surface area contributed by atoms with Gasteiger partial charge in [0, 0.05) is 30.6 Å². The largest absolute Gasteiger partial charge is 0.367 e. The molecule has 1 saturated heterocycles. The Labute approximate surface area is 154 Å². The first-order chi connectivity index (χ1) is 12.5. The predicted molar refractivity (Wildman–Crippen MR) is 104 cm³/mol. The van der Waals surface area contributed by atoms with E-state index in [0.717, 1.165) is 42.4 Å². The van der Waals surface area contributed by atoms with Crippen molar-refractivity contribution in [2.45, 2.75) is 44.7 Å². The lowest BCUT2D eigenvalue weighted by Crippen LogP contribution is -2.48. The van der Waals surface area contributed by atoms with Crippen molar-refractivity contribution < 1.29 is 8.42 Å². The number of nitrogens with one attached hydrogen (secondary N) is 1. The van der Waals surface area contributed by atoms with Gasteiger partial charge in [0.25, 0.3) is 0 Å². The van der Waals surface area contributed by atoms with Gasteiger partial charge in [-0.05, 0) is 44.7 Å². The molecule has 1 saturated carbocycles. The molecule has 2 aliphatic rings. The summed E-state index contributed by atoms with van der Waals surface area (Å²) >= 11 is 0. The van der Waals surface area contributed by atoms with Gasteiger partial charge in [0.05, 0.1) is 17.0 Å². The molecule has 0 unspecified atom stereocenters. The van der Waals surface area contributed by atoms with Crippen molar-refractivity contribution in [1.82, 2.24) is 14.9 Å². The second-order valence-corrected chi connectivity index (χ2v) is 9.88. The van der Waals surface area contributed by atoms with Gasteiger partial charge in [-0.25, -0.2) is 18.4 Å². The zero-order chi connectivity index (χ0) is 18.1. The highest BCUT2D eigenvalue weighted by Crippen LogP contribution is 2.28. The van der Waals surface area contributed by atoms with Gasteiger partial charge in [-0.2, -0.15) is 0 Å². The molecule has 140 valence electrons. The fourth-order valence-corrected chi connectivity index (χ4v) is 5.39. The van der Waals surface area contributed by atoms with E-state index in [2.05, 4.69) is 39.2 Å². The van der Waals surface area contributed by atoms with Gasteiger partial charge in [0.2, 0.25) is 0 Å². The van der Waals surface area contributed by atoms with E-state index in [1.54, 1.807) is 6.33 Å². The molecule has 1 N–H and O–H groups in total. The Kier molecular flexibility index (Phi) is 4.84. The van der Waals surface area contributed by atoms with Gasteiger partial charge < -0.3 is 5.32 Å². The predicted octanol–water partition coefficient (Wildman–Crippen LogP) is 2.39. The molecule has 26 heavy (non-hydrogen) atoms. The Hall–Kier alpha value is -1.73. The number of hydrogen-bond donors (Lipinski definition) is 1. The van der Waals surface area contributed by atoms with Gasteiger partial charge in [0.1, 0.15) is 12.1 Å². The van der Waals surface area contributed by atoms with Crippen LogP contribution in [0.1, 0.15) is 31.2 Å². The van der Waals surface area contributed by atoms with Gasteiger partial charge in [-0.1, -0.05) is 11.6 Å². The molecule has 1 aromatic carbocycles. The number of nitrogens with zero attached hydrogens (tertiary/aromatic N) is 3. The highest BCUT2D eigenvalue weighted by atomic mass is 32.2. The van der Waals surface area contributed by atoms with Gasteiger partial charge in [-0.15, -0.1) is 0 Å². The van der Waals surface area contributed by atoms with Crippen molar-refractivity contribution >= 4 is 26.6 Å². The topological polar surface area (TPSA) is 75.2 Å². The van der Waals surface area contributed by atoms with Crippen LogP contribution in [0.25, 0.3) is 10.9 Å². The molecule has 2 heterocycles. The fraction of sp³-hybridized carbons (Fsp3) is 0.579. The van der Waals surface area contributed by atoms with Crippen molar-refractivity contribution in [1.29, 1.82) is 0 Å². The van der Waals surface area contributed by atoms with E-state index in [1.165, 1.54) is 5.56 Å². The van der Waals surface area contributed by atoms with Crippen LogP contribution in [0, 0.1) is 6.92 Å². The number of anilines is 1. The normalized spacial score (nSPS) is 26.7. The van der Waals surface area contributed by atoms with Gasteiger partial charge in [-0.3, -0.25) is 4.90 Å². The molecule has 0 spiro atoms. The lowest BCUT2D eigenvalue weighted by Gasteiger charge is -2.39. The third-order valence-corrected chi connectivity index (χ3v) is 7.33. The van der Waals surface area contributed by atoms with E-state index in [4.69, 9.17) is 0 Å². The van der Waals surface area contributed by atoms with E-state index in [9.17, 15) is 8.42 Å². The SMILES string of the molecule is Cc1ccc2ncnc(N[C@H]3CC[C@H](N4CCS(=O)(=O)CC4)CC3)c2c1. The second-order valence-electron chi connectivity index (χ2n) is 7.58. The first kappa shape index (κ1) is 17.7. The number of sulfone groups is 1. The molecule has 0 amide bonds. The van der Waals surface area contributed by atoms with Crippen LogP contribution in [0.4, 0.5) is 5.82 Å². The summed E-state index contributed by atoms with van der Waals surface area (Å²) < 4.78 is 23.2. The van der Waals surface area contributed by atoms with Crippen molar-refractivity contribution in [2.75, 3.05) is 29.9 Å². The van der Waals surface area contributed by atoms with Crippen LogP contribution >= 0.6 is 0 Å². The van der Waals surface area contributed by atoms with E-state index in [1.807, 2.05) is 6.07 Å². The third-order valence-electron chi connectivity index (χ3n) is 5.72. The minimum atomic E-state index is -2.80. The minimum absolute atomic E-state index is 0.317. The number of aryl methyl sites for hydroxylation is 1. The zero-order valence-corrected chi connectivity index (χ0v) is 16.0. The lowest BCUT2D eigenvalue weighted by molar-refractivity contribution is 0.164. The average Bonchev–Trinajstić information content (AvgIpc) is 2.63. The zero-order valence-electron chi connectivity index (χ0n) is 15.2. The molecule has 2 aromatic rings. The monoisotopic (exact) mass is 374 g/mol. The van der Waals surface area contributed by atoms with Crippen LogP contribution in [-0.2, 0) is 9.84 Å². The summed E-state index contributed by atoms with van der Waals surface area (Å²) in [7, 11) is -2.80. The number of fused-ring (bicyclic) bond motifs is 1. The molecule has 2 fully saturated rings. The first-order valence-corrected chi connectivity index (χ1v) is 11.2. The van der Waals surface area contributed by atoms with Gasteiger partial charge >= 0.3 is 0 Å². The van der Waals surface area contributed by atoms with Crippen molar-refractivity contribution in [3.05, 3.63) is 30.1 Å². The number of hydrogen-bond acceptors (Lipinski definition) is 6. The summed E-state index contributed by atoms with van der Waals surface area (Å²) in [6, 6.07) is 7.19. The molecule has 1 aliphatic heterocycles. The first-order valence-electron chi connectivity index (χ1n) is 9.42. The maximum absolute atomic E-state index is 11.6. The van der Waals surface area contributed by atoms with Crippen LogP contribution in [0.15, 0.2) is 24.5 Å². The summed E-state index contributed by atoms with van der Waals surface area (Å²) in [6.45, 7) is 3.47. The number of benzene rings is 1. The van der Waals surface area contributed by atoms with Crippen LogP contribution < -0.4 is 5.32 Å². The standard InChI is InChI=1S/C19H26N4O2S/c1-14-2-7-18-17(12-14)19(21-13-20-18)22-15-3-5-16(6-4-15)23-8-10-26(24,25)11-9-23/h2,7,12-13,15-16H,3-6,8-11H2,1H3,(H,20,21,22)/t15-,16-. The molecule has 7 heteroatoms. The molecule has 0 bridgehead atoms. The summed E-state index contributed by atoms with van der Waals surface area (Å²) in [5.74, 6) is 1.56. The third kappa shape index (κ3) is 3.83. The van der Waals surface area contributed by atoms with Crippen LogP contribution in [0.3, 0.4) is 0 Å². The number of aromatic nitrogens is 2. The Bertz CT molecular complexity index is 878. The summed E-state index contributed by atoms with van der Waals surface area (Å²) in [6.07, 6.45) is 6.02. The Morgan fingerprint density at radius 1 is 1.08 bits per heavy atom. The molecule has 0 radical (unpaired) electrons. The highest BCUT2D eigenvalue weighted by molar-refractivity contribution is 7.91. The van der Waals surface area contributed by atoms with Crippen LogP contribution in [0.2, 0.25) is 0 Å². The van der Waals surface area contributed by atoms with Gasteiger partial charge in [0.15, 0.2) is 9.84 Å². The van der Waals surface area contributed by atoms with Crippen molar-refractivity contribution in [3.63, 3.8) is 0 Å². The second kappa shape index (κ2) is 7.12. The quantitative estimate of drug-likeness (QED) is 0.889. The Balaban J connectivity index is 1.38. The Morgan fingerprint density at radius 3 is 2.54 bits per heavy atom. The molecule has 6 nitrogen and oxygen atoms in total. The molecular weight excluding hydrogens is 348 g/mol. The summed E-state index contributed by atoms with van der Waals surface area (Å²) in [5.41, 5.74) is 2.18. The maximum atomic E-state index is 11.6. The summed E-state index contributed by atoms with van der Waals surface area (Å²) in [5, 5.41) is 4.70. The molecular formula is C19H26N4O2S. The van der Waals surface area contributed by atoms with Crippen molar-refractivity contribution in [2.24, 2.45) is 0 Å². The fourth-order valence-electron chi connectivity index (χ4n) is 4.16. The van der Waals surface area contributed by atoms with E-state index < -0.39 is 9.84 Å². The Morgan fingerprint density at radius 2 is 1.81 bits per heavy atom. The molecule has 0 atom stereocenters. The highest BCUT2D eigenvalue weighted by Gasteiger charge is 2.30. The van der Waals surface area contributed by atoms with E-state index in [-0.39, 0.29) is 0 Å². The smallest absolute Gasteiger partial charge is 0.152 e. The minimum Gasteiger partial charge on any atom is -0.367 e. The van der Waals surface area contributed by atoms with E-state index >= 15 is 0 Å². The molecule has 1 aromatic heterocycles. The molecule has 1 aliphatic carbocycles. The summed E-state index contributed by atoms with van der Waals surface area (Å²) in [4.78, 5) is 11.2. The molecule has 4 rings (SSSR count). The average molecular weight is 375 g/mol. The van der Waals surface area contributed by atoms with E-state index in [0.29, 0.717) is 36.7 Å². The van der Waals surface area contributed by atoms with Crippen LogP contribution in [0.5, 0.6) is 0 Å². The van der Waals surface area contributed by atoms with Crippen molar-refractivity contribution in [3.8, 4) is 0 Å². The maximum Gasteiger partial charge on any atom is 0.152 e.